The molecule has 0 aliphatic rings. The molecule has 0 fully saturated rings. The van der Waals surface area contributed by atoms with Gasteiger partial charge in [0.25, 0.3) is 5.91 Å². The Hall–Kier alpha value is -2.08. The Morgan fingerprint density at radius 1 is 1.48 bits per heavy atom. The van der Waals surface area contributed by atoms with E-state index in [1.165, 1.54) is 0 Å². The van der Waals surface area contributed by atoms with Crippen molar-refractivity contribution < 1.29 is 13.9 Å². The van der Waals surface area contributed by atoms with Crippen molar-refractivity contribution in [3.63, 3.8) is 0 Å². The van der Waals surface area contributed by atoms with E-state index < -0.39 is 0 Å². The second-order valence-electron chi connectivity index (χ2n) is 5.00. The molecular formula is C15H21N3O3. The van der Waals surface area contributed by atoms with Crippen LogP contribution in [0.2, 0.25) is 0 Å². The number of carbonyl (C=O) groups excluding carboxylic acids is 1. The fraction of sp³-hybridized carbons (Fsp3) is 0.467. The first-order chi connectivity index (χ1) is 10.1. The van der Waals surface area contributed by atoms with Crippen LogP contribution in [0.4, 0.5) is 0 Å². The molecule has 0 aromatic carbocycles. The molecule has 0 atom stereocenters. The highest BCUT2D eigenvalue weighted by molar-refractivity contribution is 5.91. The monoisotopic (exact) mass is 291 g/mol. The Bertz CT molecular complexity index is 546. The molecule has 21 heavy (non-hydrogen) atoms. The molecule has 0 aliphatic heterocycles. The molecule has 0 aliphatic carbocycles. The van der Waals surface area contributed by atoms with Crippen LogP contribution < -0.4 is 5.32 Å². The predicted molar refractivity (Wildman–Crippen MR) is 78.1 cm³/mol. The van der Waals surface area contributed by atoms with E-state index in [0.29, 0.717) is 31.2 Å². The molecule has 114 valence electrons. The van der Waals surface area contributed by atoms with Gasteiger partial charge in [-0.1, -0.05) is 0 Å². The highest BCUT2D eigenvalue weighted by atomic mass is 16.5. The van der Waals surface area contributed by atoms with Crippen molar-refractivity contribution >= 4 is 5.91 Å². The Kier molecular flexibility index (Phi) is 5.57. The molecule has 0 saturated heterocycles. The number of hydrogen-bond donors (Lipinski definition) is 1. The molecule has 0 bridgehead atoms. The number of nitrogens with one attached hydrogen (secondary N) is 1. The number of rotatable bonds is 8. The minimum absolute atomic E-state index is 0.203. The maximum absolute atomic E-state index is 11.9. The van der Waals surface area contributed by atoms with E-state index in [2.05, 4.69) is 10.4 Å². The van der Waals surface area contributed by atoms with E-state index in [1.807, 2.05) is 26.1 Å². The number of aromatic nitrogens is 2. The standard InChI is InChI=1S/C15H21N3O3/c1-12(2)20-10-4-7-16-15(19)14-6-5-13(21-14)11-18-9-3-8-17-18/h3,5-6,8-9,12H,4,7,10-11H2,1-2H3,(H,16,19). The molecule has 1 N–H and O–H groups in total. The highest BCUT2D eigenvalue weighted by Gasteiger charge is 2.10. The maximum Gasteiger partial charge on any atom is 0.286 e. The number of amides is 1. The quantitative estimate of drug-likeness (QED) is 0.756. The van der Waals surface area contributed by atoms with Gasteiger partial charge in [0.1, 0.15) is 5.76 Å². The first-order valence-electron chi connectivity index (χ1n) is 7.11. The zero-order valence-electron chi connectivity index (χ0n) is 12.4. The van der Waals surface area contributed by atoms with Gasteiger partial charge < -0.3 is 14.5 Å². The van der Waals surface area contributed by atoms with Crippen LogP contribution in [-0.2, 0) is 11.3 Å². The Morgan fingerprint density at radius 3 is 3.05 bits per heavy atom. The molecule has 6 heteroatoms. The molecule has 0 spiro atoms. The summed E-state index contributed by atoms with van der Waals surface area (Å²) in [5.41, 5.74) is 0. The second-order valence-corrected chi connectivity index (χ2v) is 5.00. The van der Waals surface area contributed by atoms with Crippen LogP contribution in [0.1, 0.15) is 36.6 Å². The van der Waals surface area contributed by atoms with Crippen molar-refractivity contribution in [3.05, 3.63) is 42.1 Å². The third-order valence-electron chi connectivity index (χ3n) is 2.82. The van der Waals surface area contributed by atoms with E-state index in [4.69, 9.17) is 9.15 Å². The van der Waals surface area contributed by atoms with Crippen LogP contribution in [0.25, 0.3) is 0 Å². The summed E-state index contributed by atoms with van der Waals surface area (Å²) in [6.45, 7) is 5.70. The Morgan fingerprint density at radius 2 is 2.33 bits per heavy atom. The van der Waals surface area contributed by atoms with E-state index in [-0.39, 0.29) is 12.0 Å². The van der Waals surface area contributed by atoms with Gasteiger partial charge in [-0.05, 0) is 38.5 Å². The van der Waals surface area contributed by atoms with Crippen molar-refractivity contribution in [2.24, 2.45) is 0 Å². The van der Waals surface area contributed by atoms with Crippen LogP contribution in [-0.4, -0.2) is 34.9 Å². The molecule has 1 amide bonds. The predicted octanol–water partition coefficient (Wildman–Crippen LogP) is 2.07. The summed E-state index contributed by atoms with van der Waals surface area (Å²) in [6.07, 6.45) is 4.55. The molecule has 2 aromatic rings. The molecular weight excluding hydrogens is 270 g/mol. The van der Waals surface area contributed by atoms with Crippen LogP contribution in [0.5, 0.6) is 0 Å². The van der Waals surface area contributed by atoms with Crippen LogP contribution in [0.3, 0.4) is 0 Å². The summed E-state index contributed by atoms with van der Waals surface area (Å²) in [6, 6.07) is 5.31. The molecule has 2 aromatic heterocycles. The summed E-state index contributed by atoms with van der Waals surface area (Å²) in [5.74, 6) is 0.820. The lowest BCUT2D eigenvalue weighted by atomic mass is 10.3. The fourth-order valence-electron chi connectivity index (χ4n) is 1.82. The molecule has 0 radical (unpaired) electrons. The second kappa shape index (κ2) is 7.64. The van der Waals surface area contributed by atoms with Crippen molar-refractivity contribution in [3.8, 4) is 0 Å². The van der Waals surface area contributed by atoms with Gasteiger partial charge in [-0.2, -0.15) is 5.10 Å². The zero-order valence-corrected chi connectivity index (χ0v) is 12.4. The number of nitrogens with zero attached hydrogens (tertiary/aromatic N) is 2. The van der Waals surface area contributed by atoms with Crippen LogP contribution >= 0.6 is 0 Å². The minimum atomic E-state index is -0.203. The lowest BCUT2D eigenvalue weighted by molar-refractivity contribution is 0.0753. The first-order valence-corrected chi connectivity index (χ1v) is 7.11. The van der Waals surface area contributed by atoms with Crippen LogP contribution in [0.15, 0.2) is 35.0 Å². The molecule has 6 nitrogen and oxygen atoms in total. The zero-order chi connectivity index (χ0) is 15.1. The normalized spacial score (nSPS) is 11.0. The molecule has 2 rings (SSSR count). The van der Waals surface area contributed by atoms with Gasteiger partial charge in [0.2, 0.25) is 0 Å². The highest BCUT2D eigenvalue weighted by Crippen LogP contribution is 2.09. The average Bonchev–Trinajstić information content (AvgIpc) is 3.10. The third-order valence-corrected chi connectivity index (χ3v) is 2.82. The van der Waals surface area contributed by atoms with Gasteiger partial charge in [-0.3, -0.25) is 9.48 Å². The Balaban J connectivity index is 1.74. The van der Waals surface area contributed by atoms with Gasteiger partial charge in [0.15, 0.2) is 5.76 Å². The summed E-state index contributed by atoms with van der Waals surface area (Å²) in [5, 5.41) is 6.90. The van der Waals surface area contributed by atoms with Crippen molar-refractivity contribution in [2.45, 2.75) is 32.9 Å². The minimum Gasteiger partial charge on any atom is -0.454 e. The van der Waals surface area contributed by atoms with Gasteiger partial charge in [0, 0.05) is 25.5 Å². The SMILES string of the molecule is CC(C)OCCCNC(=O)c1ccc(Cn2cccn2)o1. The molecule has 0 unspecified atom stereocenters. The number of hydrogen-bond acceptors (Lipinski definition) is 4. The fourth-order valence-corrected chi connectivity index (χ4v) is 1.82. The van der Waals surface area contributed by atoms with Gasteiger partial charge in [-0.25, -0.2) is 0 Å². The smallest absolute Gasteiger partial charge is 0.286 e. The molecule has 2 heterocycles. The number of carbonyl (C=O) groups is 1. The maximum atomic E-state index is 11.9. The summed E-state index contributed by atoms with van der Waals surface area (Å²) in [4.78, 5) is 11.9. The van der Waals surface area contributed by atoms with Gasteiger partial charge in [0.05, 0.1) is 12.6 Å². The molecule has 0 saturated carbocycles. The Labute approximate surface area is 124 Å². The van der Waals surface area contributed by atoms with E-state index in [1.54, 1.807) is 23.0 Å². The average molecular weight is 291 g/mol. The summed E-state index contributed by atoms with van der Waals surface area (Å²) in [7, 11) is 0. The number of ether oxygens (including phenoxy) is 1. The van der Waals surface area contributed by atoms with Crippen molar-refractivity contribution in [1.29, 1.82) is 0 Å². The van der Waals surface area contributed by atoms with E-state index >= 15 is 0 Å². The lowest BCUT2D eigenvalue weighted by Crippen LogP contribution is -2.25. The lowest BCUT2D eigenvalue weighted by Gasteiger charge is -2.07. The van der Waals surface area contributed by atoms with Crippen LogP contribution in [0, 0.1) is 0 Å². The summed E-state index contributed by atoms with van der Waals surface area (Å²) >= 11 is 0. The van der Waals surface area contributed by atoms with E-state index in [9.17, 15) is 4.79 Å². The topological polar surface area (TPSA) is 69.3 Å². The van der Waals surface area contributed by atoms with Gasteiger partial charge in [-0.15, -0.1) is 0 Å². The van der Waals surface area contributed by atoms with Gasteiger partial charge >= 0.3 is 0 Å². The summed E-state index contributed by atoms with van der Waals surface area (Å²) < 4.78 is 12.7. The third kappa shape index (κ3) is 5.07. The van der Waals surface area contributed by atoms with E-state index in [0.717, 1.165) is 6.42 Å². The van der Waals surface area contributed by atoms with Crippen molar-refractivity contribution in [1.82, 2.24) is 15.1 Å². The first kappa shape index (κ1) is 15.3. The van der Waals surface area contributed by atoms with Crippen molar-refractivity contribution in [2.75, 3.05) is 13.2 Å². The largest absolute Gasteiger partial charge is 0.454 e. The number of furan rings is 1.